The topological polar surface area (TPSA) is 46.1 Å². The van der Waals surface area contributed by atoms with Crippen LogP contribution in [0.25, 0.3) is 11.4 Å². The number of hydrogen-bond donors (Lipinski definition) is 1. The smallest absolute Gasteiger partial charge is 0.195 e. The minimum atomic E-state index is 0.623. The number of H-pyrrole nitrogens is 1. The van der Waals surface area contributed by atoms with Crippen LogP contribution >= 0.6 is 23.8 Å². The molecule has 21 heavy (non-hydrogen) atoms. The zero-order valence-corrected chi connectivity index (χ0v) is 13.2. The van der Waals surface area contributed by atoms with E-state index in [-0.39, 0.29) is 0 Å². The second-order valence-corrected chi connectivity index (χ2v) is 5.73. The van der Waals surface area contributed by atoms with Gasteiger partial charge in [0.15, 0.2) is 10.6 Å². The normalized spacial score (nSPS) is 16.2. The fourth-order valence-corrected chi connectivity index (χ4v) is 2.88. The third-order valence-electron chi connectivity index (χ3n) is 3.62. The van der Waals surface area contributed by atoms with Gasteiger partial charge in [-0.05, 0) is 24.4 Å². The van der Waals surface area contributed by atoms with Crippen molar-refractivity contribution in [2.75, 3.05) is 32.8 Å². The van der Waals surface area contributed by atoms with Gasteiger partial charge in [0.25, 0.3) is 0 Å². The molecule has 2 heterocycles. The Morgan fingerprint density at radius 1 is 1.24 bits per heavy atom. The van der Waals surface area contributed by atoms with E-state index in [2.05, 4.69) is 15.1 Å². The van der Waals surface area contributed by atoms with E-state index in [1.54, 1.807) is 0 Å². The van der Waals surface area contributed by atoms with Gasteiger partial charge in [0.1, 0.15) is 0 Å². The quantitative estimate of drug-likeness (QED) is 0.878. The van der Waals surface area contributed by atoms with Gasteiger partial charge in [-0.25, -0.2) is 0 Å². The van der Waals surface area contributed by atoms with Crippen molar-refractivity contribution < 1.29 is 4.74 Å². The van der Waals surface area contributed by atoms with Crippen LogP contribution in [-0.2, 0) is 11.3 Å². The van der Waals surface area contributed by atoms with E-state index in [0.717, 1.165) is 50.8 Å². The summed E-state index contributed by atoms with van der Waals surface area (Å²) >= 11 is 11.6. The van der Waals surface area contributed by atoms with Crippen LogP contribution in [0.15, 0.2) is 24.3 Å². The molecule has 0 atom stereocenters. The fourth-order valence-electron chi connectivity index (χ4n) is 2.44. The van der Waals surface area contributed by atoms with Crippen molar-refractivity contribution in [3.63, 3.8) is 0 Å². The summed E-state index contributed by atoms with van der Waals surface area (Å²) in [7, 11) is 0. The van der Waals surface area contributed by atoms with E-state index in [0.29, 0.717) is 9.79 Å². The van der Waals surface area contributed by atoms with Crippen molar-refractivity contribution in [1.82, 2.24) is 19.7 Å². The summed E-state index contributed by atoms with van der Waals surface area (Å²) in [5, 5.41) is 7.87. The van der Waals surface area contributed by atoms with Gasteiger partial charge in [-0.3, -0.25) is 14.6 Å². The number of rotatable bonds is 4. The highest BCUT2D eigenvalue weighted by Crippen LogP contribution is 2.25. The summed E-state index contributed by atoms with van der Waals surface area (Å²) in [6.45, 7) is 5.24. The minimum Gasteiger partial charge on any atom is -0.379 e. The van der Waals surface area contributed by atoms with Gasteiger partial charge in [-0.1, -0.05) is 23.7 Å². The van der Waals surface area contributed by atoms with E-state index in [9.17, 15) is 0 Å². The van der Waals surface area contributed by atoms with Crippen LogP contribution < -0.4 is 0 Å². The molecule has 2 aromatic rings. The Morgan fingerprint density at radius 2 is 2.00 bits per heavy atom. The molecule has 0 unspecified atom stereocenters. The second kappa shape index (κ2) is 6.70. The first-order valence-electron chi connectivity index (χ1n) is 6.96. The van der Waals surface area contributed by atoms with Gasteiger partial charge < -0.3 is 4.74 Å². The maximum absolute atomic E-state index is 6.26. The van der Waals surface area contributed by atoms with Gasteiger partial charge in [0, 0.05) is 31.7 Å². The third kappa shape index (κ3) is 3.35. The number of benzene rings is 1. The highest BCUT2D eigenvalue weighted by atomic mass is 35.5. The Morgan fingerprint density at radius 3 is 2.76 bits per heavy atom. The number of halogens is 1. The summed E-state index contributed by atoms with van der Waals surface area (Å²) in [6, 6.07) is 7.68. The number of nitrogens with one attached hydrogen (secondary N) is 1. The monoisotopic (exact) mass is 324 g/mol. The summed E-state index contributed by atoms with van der Waals surface area (Å²) < 4.78 is 7.99. The summed E-state index contributed by atoms with van der Waals surface area (Å²) in [4.78, 5) is 2.37. The fraction of sp³-hybridized carbons (Fsp3) is 0.429. The van der Waals surface area contributed by atoms with E-state index < -0.39 is 0 Å². The van der Waals surface area contributed by atoms with Crippen LogP contribution in [0.3, 0.4) is 0 Å². The molecular weight excluding hydrogens is 308 g/mol. The lowest BCUT2D eigenvalue weighted by molar-refractivity contribution is 0.0364. The Bertz CT molecular complexity index is 663. The highest BCUT2D eigenvalue weighted by Gasteiger charge is 2.14. The molecule has 0 amide bonds. The first-order valence-corrected chi connectivity index (χ1v) is 7.74. The SMILES string of the molecule is S=c1[nH]nc(-c2ccccc2Cl)n1CCN1CCOCC1. The molecule has 0 aliphatic carbocycles. The molecule has 1 fully saturated rings. The highest BCUT2D eigenvalue weighted by molar-refractivity contribution is 7.71. The predicted molar refractivity (Wildman–Crippen MR) is 85.1 cm³/mol. The van der Waals surface area contributed by atoms with Gasteiger partial charge in [-0.2, -0.15) is 5.10 Å². The van der Waals surface area contributed by atoms with Crippen molar-refractivity contribution in [1.29, 1.82) is 0 Å². The van der Waals surface area contributed by atoms with Gasteiger partial charge >= 0.3 is 0 Å². The molecule has 1 aromatic heterocycles. The van der Waals surface area contributed by atoms with Crippen LogP contribution in [-0.4, -0.2) is 52.5 Å². The largest absolute Gasteiger partial charge is 0.379 e. The number of morpholine rings is 1. The number of hydrogen-bond acceptors (Lipinski definition) is 4. The number of aromatic amines is 1. The van der Waals surface area contributed by atoms with E-state index in [4.69, 9.17) is 28.6 Å². The van der Waals surface area contributed by atoms with Crippen molar-refractivity contribution >= 4 is 23.8 Å². The molecule has 1 aromatic carbocycles. The van der Waals surface area contributed by atoms with Crippen LogP contribution in [0.4, 0.5) is 0 Å². The molecule has 0 bridgehead atoms. The van der Waals surface area contributed by atoms with E-state index in [1.807, 2.05) is 28.8 Å². The van der Waals surface area contributed by atoms with Crippen molar-refractivity contribution in [2.24, 2.45) is 0 Å². The lowest BCUT2D eigenvalue weighted by Crippen LogP contribution is -2.38. The zero-order chi connectivity index (χ0) is 14.7. The molecule has 0 saturated carbocycles. The number of ether oxygens (including phenoxy) is 1. The maximum Gasteiger partial charge on any atom is 0.195 e. The molecular formula is C14H17ClN4OS. The van der Waals surface area contributed by atoms with E-state index >= 15 is 0 Å². The molecule has 5 nitrogen and oxygen atoms in total. The van der Waals surface area contributed by atoms with Gasteiger partial charge in [0.2, 0.25) is 0 Å². The molecule has 1 saturated heterocycles. The molecule has 1 aliphatic heterocycles. The molecule has 0 radical (unpaired) electrons. The zero-order valence-electron chi connectivity index (χ0n) is 11.6. The van der Waals surface area contributed by atoms with Gasteiger partial charge in [0.05, 0.1) is 18.2 Å². The van der Waals surface area contributed by atoms with Crippen LogP contribution in [0.2, 0.25) is 5.02 Å². The first kappa shape index (κ1) is 14.7. The predicted octanol–water partition coefficient (Wildman–Crippen LogP) is 2.59. The first-order chi connectivity index (χ1) is 10.3. The Labute approximate surface area is 133 Å². The Balaban J connectivity index is 1.81. The molecule has 3 rings (SSSR count). The lowest BCUT2D eigenvalue weighted by Gasteiger charge is -2.26. The average molecular weight is 325 g/mol. The number of aromatic nitrogens is 3. The summed E-state index contributed by atoms with van der Waals surface area (Å²) in [6.07, 6.45) is 0. The standard InChI is InChI=1S/C14H17ClN4OS/c15-12-4-2-1-3-11(12)13-16-17-14(21)19(13)6-5-18-7-9-20-10-8-18/h1-4H,5-10H2,(H,17,21). The molecule has 0 spiro atoms. The summed E-state index contributed by atoms with van der Waals surface area (Å²) in [5.41, 5.74) is 0.897. The van der Waals surface area contributed by atoms with Crippen LogP contribution in [0, 0.1) is 4.77 Å². The lowest BCUT2D eigenvalue weighted by atomic mass is 10.2. The molecule has 7 heteroatoms. The van der Waals surface area contributed by atoms with Crippen LogP contribution in [0.1, 0.15) is 0 Å². The molecule has 112 valence electrons. The minimum absolute atomic E-state index is 0.623. The molecule has 1 N–H and O–H groups in total. The van der Waals surface area contributed by atoms with E-state index in [1.165, 1.54) is 0 Å². The van der Waals surface area contributed by atoms with Gasteiger partial charge in [-0.15, -0.1) is 0 Å². The second-order valence-electron chi connectivity index (χ2n) is 4.94. The Kier molecular flexibility index (Phi) is 4.70. The van der Waals surface area contributed by atoms with Crippen molar-refractivity contribution in [3.05, 3.63) is 34.1 Å². The number of nitrogens with zero attached hydrogens (tertiary/aromatic N) is 3. The molecule has 1 aliphatic rings. The van der Waals surface area contributed by atoms with Crippen molar-refractivity contribution in [3.8, 4) is 11.4 Å². The van der Waals surface area contributed by atoms with Crippen LogP contribution in [0.5, 0.6) is 0 Å². The average Bonchev–Trinajstić information content (AvgIpc) is 2.88. The van der Waals surface area contributed by atoms with Crippen molar-refractivity contribution in [2.45, 2.75) is 6.54 Å². The summed E-state index contributed by atoms with van der Waals surface area (Å²) in [5.74, 6) is 0.791. The Hall–Kier alpha value is -1.21. The third-order valence-corrected chi connectivity index (χ3v) is 4.26. The maximum atomic E-state index is 6.26.